The van der Waals surface area contributed by atoms with Gasteiger partial charge in [0, 0.05) is 23.5 Å². The Bertz CT molecular complexity index is 712. The minimum Gasteiger partial charge on any atom is -0.331 e. The minimum absolute atomic E-state index is 0.0216. The maximum absolute atomic E-state index is 11.7. The second kappa shape index (κ2) is 6.63. The third-order valence-electron chi connectivity index (χ3n) is 2.56. The van der Waals surface area contributed by atoms with Crippen LogP contribution in [0.15, 0.2) is 30.3 Å². The van der Waals surface area contributed by atoms with Crippen LogP contribution in [0.5, 0.6) is 0 Å². The Labute approximate surface area is 130 Å². The highest BCUT2D eigenvalue weighted by atomic mass is 32.1. The number of H-pyrrole nitrogens is 1. The molecule has 9 nitrogen and oxygen atoms in total. The van der Waals surface area contributed by atoms with Gasteiger partial charge < -0.3 is 5.32 Å². The number of nitrogens with zero attached hydrogens (tertiary/aromatic N) is 2. The average molecular weight is 320 g/mol. The second-order valence-corrected chi connectivity index (χ2v) is 4.68. The van der Waals surface area contributed by atoms with Crippen LogP contribution in [0.25, 0.3) is 0 Å². The molecule has 2 rings (SSSR count). The first kappa shape index (κ1) is 15.4. The third-order valence-corrected chi connectivity index (χ3v) is 2.77. The summed E-state index contributed by atoms with van der Waals surface area (Å²) >= 11 is 4.99. The van der Waals surface area contributed by atoms with Crippen LogP contribution in [0, 0.1) is 17.0 Å². The van der Waals surface area contributed by atoms with Gasteiger partial charge in [-0.25, -0.2) is 0 Å². The molecule has 0 bridgehead atoms. The number of benzene rings is 1. The molecular formula is C12H12N6O3S. The van der Waals surface area contributed by atoms with Gasteiger partial charge in [0.05, 0.1) is 4.92 Å². The molecule has 0 aliphatic heterocycles. The van der Waals surface area contributed by atoms with E-state index in [-0.39, 0.29) is 16.5 Å². The normalized spacial score (nSPS) is 9.86. The van der Waals surface area contributed by atoms with Crippen molar-refractivity contribution in [3.8, 4) is 0 Å². The maximum Gasteiger partial charge on any atom is 0.290 e. The van der Waals surface area contributed by atoms with E-state index in [1.807, 2.05) is 0 Å². The smallest absolute Gasteiger partial charge is 0.290 e. The molecule has 0 saturated heterocycles. The summed E-state index contributed by atoms with van der Waals surface area (Å²) in [5.41, 5.74) is 6.40. The highest BCUT2D eigenvalue weighted by Crippen LogP contribution is 2.15. The van der Waals surface area contributed by atoms with Crippen LogP contribution >= 0.6 is 12.2 Å². The van der Waals surface area contributed by atoms with Crippen LogP contribution in [0.1, 0.15) is 16.2 Å². The number of rotatable bonds is 3. The largest absolute Gasteiger partial charge is 0.331 e. The number of hydrazine groups is 1. The van der Waals surface area contributed by atoms with Crippen LogP contribution in [0.3, 0.4) is 0 Å². The molecule has 0 aliphatic carbocycles. The molecule has 1 aromatic heterocycles. The number of thiocarbonyl (C=S) groups is 1. The number of nitro groups is 1. The molecule has 0 spiro atoms. The zero-order valence-corrected chi connectivity index (χ0v) is 12.2. The Morgan fingerprint density at radius 3 is 2.55 bits per heavy atom. The fourth-order valence-electron chi connectivity index (χ4n) is 1.54. The first-order valence-corrected chi connectivity index (χ1v) is 6.50. The summed E-state index contributed by atoms with van der Waals surface area (Å²) in [7, 11) is 0. The summed E-state index contributed by atoms with van der Waals surface area (Å²) < 4.78 is 0. The van der Waals surface area contributed by atoms with E-state index in [2.05, 4.69) is 26.4 Å². The molecule has 0 atom stereocenters. The van der Waals surface area contributed by atoms with Crippen molar-refractivity contribution >= 4 is 34.6 Å². The maximum atomic E-state index is 11.7. The van der Waals surface area contributed by atoms with Crippen molar-refractivity contribution in [3.63, 3.8) is 0 Å². The number of aromatic nitrogens is 2. The van der Waals surface area contributed by atoms with Crippen molar-refractivity contribution in [3.05, 3.63) is 51.8 Å². The van der Waals surface area contributed by atoms with Gasteiger partial charge in [-0.1, -0.05) is 0 Å². The van der Waals surface area contributed by atoms with Gasteiger partial charge in [0.15, 0.2) is 10.8 Å². The fraction of sp³-hybridized carbons (Fsp3) is 0.0833. The van der Waals surface area contributed by atoms with Gasteiger partial charge in [-0.05, 0) is 37.3 Å². The van der Waals surface area contributed by atoms with E-state index in [0.717, 1.165) is 5.69 Å². The molecule has 0 aliphatic rings. The molecule has 0 saturated carbocycles. The van der Waals surface area contributed by atoms with E-state index in [4.69, 9.17) is 12.2 Å². The number of aryl methyl sites for hydroxylation is 1. The first-order chi connectivity index (χ1) is 10.5. The molecule has 10 heteroatoms. The Morgan fingerprint density at radius 1 is 1.32 bits per heavy atom. The highest BCUT2D eigenvalue weighted by molar-refractivity contribution is 7.80. The predicted octanol–water partition coefficient (Wildman–Crippen LogP) is 1.26. The monoisotopic (exact) mass is 320 g/mol. The summed E-state index contributed by atoms with van der Waals surface area (Å²) in [5.74, 6) is -0.447. The van der Waals surface area contributed by atoms with E-state index >= 15 is 0 Å². The van der Waals surface area contributed by atoms with Crippen molar-refractivity contribution in [1.82, 2.24) is 21.0 Å². The molecule has 2 aromatic rings. The van der Waals surface area contributed by atoms with Crippen molar-refractivity contribution in [2.45, 2.75) is 6.92 Å². The van der Waals surface area contributed by atoms with Crippen LogP contribution in [0.2, 0.25) is 0 Å². The summed E-state index contributed by atoms with van der Waals surface area (Å²) in [4.78, 5) is 21.8. The van der Waals surface area contributed by atoms with Gasteiger partial charge in [0.25, 0.3) is 11.6 Å². The number of anilines is 1. The van der Waals surface area contributed by atoms with E-state index in [1.54, 1.807) is 13.0 Å². The summed E-state index contributed by atoms with van der Waals surface area (Å²) in [6.45, 7) is 1.78. The van der Waals surface area contributed by atoms with Crippen LogP contribution in [0.4, 0.5) is 11.4 Å². The fourth-order valence-corrected chi connectivity index (χ4v) is 1.71. The summed E-state index contributed by atoms with van der Waals surface area (Å²) in [6.07, 6.45) is 0. The van der Waals surface area contributed by atoms with Crippen LogP contribution in [-0.2, 0) is 0 Å². The lowest BCUT2D eigenvalue weighted by atomic mass is 10.3. The predicted molar refractivity (Wildman–Crippen MR) is 83.2 cm³/mol. The number of hydrogen-bond donors (Lipinski definition) is 4. The van der Waals surface area contributed by atoms with Gasteiger partial charge in [-0.3, -0.25) is 30.9 Å². The molecule has 1 amide bonds. The zero-order chi connectivity index (χ0) is 16.1. The number of hydrogen-bond acceptors (Lipinski definition) is 5. The number of carbonyl (C=O) groups is 1. The number of non-ortho nitro benzene ring substituents is 1. The SMILES string of the molecule is Cc1cc(C(=O)NNC(=S)Nc2ccc([N+](=O)[O-])cc2)n[nH]1. The third kappa shape index (κ3) is 3.99. The summed E-state index contributed by atoms with van der Waals surface area (Å²) in [5, 5.41) is 19.9. The van der Waals surface area contributed by atoms with Gasteiger partial charge in [-0.2, -0.15) is 5.10 Å². The number of carbonyl (C=O) groups excluding carboxylic acids is 1. The first-order valence-electron chi connectivity index (χ1n) is 6.09. The van der Waals surface area contributed by atoms with Crippen LogP contribution in [-0.4, -0.2) is 26.1 Å². The second-order valence-electron chi connectivity index (χ2n) is 4.27. The quantitative estimate of drug-likeness (QED) is 0.381. The lowest BCUT2D eigenvalue weighted by Gasteiger charge is -2.10. The van der Waals surface area contributed by atoms with Crippen LogP contribution < -0.4 is 16.2 Å². The van der Waals surface area contributed by atoms with Gasteiger partial charge in [0.2, 0.25) is 0 Å². The number of amides is 1. The van der Waals surface area contributed by atoms with Crippen molar-refractivity contribution in [1.29, 1.82) is 0 Å². The Hall–Kier alpha value is -3.01. The van der Waals surface area contributed by atoms with Crippen molar-refractivity contribution in [2.24, 2.45) is 0 Å². The Balaban J connectivity index is 1.85. The number of nitro benzene ring substituents is 1. The molecule has 0 unspecified atom stereocenters. The number of nitrogens with one attached hydrogen (secondary N) is 4. The molecule has 114 valence electrons. The van der Waals surface area contributed by atoms with E-state index in [1.165, 1.54) is 24.3 Å². The number of aromatic amines is 1. The van der Waals surface area contributed by atoms with E-state index < -0.39 is 10.8 Å². The topological polar surface area (TPSA) is 125 Å². The molecule has 0 fully saturated rings. The van der Waals surface area contributed by atoms with E-state index in [0.29, 0.717) is 5.69 Å². The molecule has 1 heterocycles. The molecule has 0 radical (unpaired) electrons. The summed E-state index contributed by atoms with van der Waals surface area (Å²) in [6, 6.07) is 7.28. The minimum atomic E-state index is -0.494. The lowest BCUT2D eigenvalue weighted by molar-refractivity contribution is -0.384. The zero-order valence-electron chi connectivity index (χ0n) is 11.4. The Kier molecular flexibility index (Phi) is 4.63. The Morgan fingerprint density at radius 2 is 2.00 bits per heavy atom. The highest BCUT2D eigenvalue weighted by Gasteiger charge is 2.09. The van der Waals surface area contributed by atoms with E-state index in [9.17, 15) is 14.9 Å². The molecule has 22 heavy (non-hydrogen) atoms. The van der Waals surface area contributed by atoms with Crippen molar-refractivity contribution in [2.75, 3.05) is 5.32 Å². The van der Waals surface area contributed by atoms with Gasteiger partial charge >= 0.3 is 0 Å². The molecule has 4 N–H and O–H groups in total. The van der Waals surface area contributed by atoms with Gasteiger partial charge in [-0.15, -0.1) is 0 Å². The average Bonchev–Trinajstić information content (AvgIpc) is 2.92. The molecule has 1 aromatic carbocycles. The molecular weight excluding hydrogens is 308 g/mol. The standard InChI is InChI=1S/C12H12N6O3S/c1-7-6-10(15-14-7)11(19)16-17-12(22)13-8-2-4-9(5-3-8)18(20)21/h2-6H,1H3,(H,14,15)(H,16,19)(H2,13,17,22). The van der Waals surface area contributed by atoms with Crippen molar-refractivity contribution < 1.29 is 9.72 Å². The van der Waals surface area contributed by atoms with Gasteiger partial charge in [0.1, 0.15) is 0 Å². The lowest BCUT2D eigenvalue weighted by Crippen LogP contribution is -2.43.